The average molecular weight is 770 g/mol. The molecule has 1 heterocycles. The van der Waals surface area contributed by atoms with Crippen molar-refractivity contribution in [1.29, 1.82) is 0 Å². The molecule has 1 unspecified atom stereocenters. The van der Waals surface area contributed by atoms with Crippen molar-refractivity contribution in [3.05, 3.63) is 89.0 Å². The Balaban J connectivity index is 1.28. The number of rotatable bonds is 16. The number of hydrogen-bond acceptors (Lipinski definition) is 9. The number of nitrogens with zero attached hydrogens (tertiary/aromatic N) is 2. The topological polar surface area (TPSA) is 136 Å². The van der Waals surface area contributed by atoms with Gasteiger partial charge >= 0.3 is 0 Å². The summed E-state index contributed by atoms with van der Waals surface area (Å²) in [6.45, 7) is 9.64. The van der Waals surface area contributed by atoms with E-state index in [1.165, 1.54) is 6.42 Å². The summed E-state index contributed by atoms with van der Waals surface area (Å²) in [6.07, 6.45) is 1.18. The van der Waals surface area contributed by atoms with E-state index in [1.54, 1.807) is 19.1 Å². The Kier molecular flexibility index (Phi) is 13.2. The summed E-state index contributed by atoms with van der Waals surface area (Å²) < 4.78 is 6.11. The average Bonchev–Trinajstić information content (AvgIpc) is 3.54. The fourth-order valence-electron chi connectivity index (χ4n) is 9.88. The van der Waals surface area contributed by atoms with E-state index in [4.69, 9.17) is 9.57 Å². The van der Waals surface area contributed by atoms with Gasteiger partial charge in [-0.2, -0.15) is 5.06 Å². The van der Waals surface area contributed by atoms with Gasteiger partial charge in [-0.1, -0.05) is 69.3 Å². The number of hydroxylamine groups is 2. The third-order valence-electron chi connectivity index (χ3n) is 12.9. The van der Waals surface area contributed by atoms with E-state index < -0.39 is 24.2 Å². The molecule has 9 atom stereocenters. The summed E-state index contributed by atoms with van der Waals surface area (Å²) in [5, 5.41) is 32.8. The van der Waals surface area contributed by atoms with Crippen molar-refractivity contribution in [3.8, 4) is 16.9 Å². The quantitative estimate of drug-likeness (QED) is 0.141. The highest BCUT2D eigenvalue weighted by Crippen LogP contribution is 2.61. The Morgan fingerprint density at radius 3 is 2.43 bits per heavy atom. The first-order chi connectivity index (χ1) is 26.7. The first kappa shape index (κ1) is 41.8. The van der Waals surface area contributed by atoms with Crippen LogP contribution in [0.15, 0.2) is 66.7 Å². The van der Waals surface area contributed by atoms with Crippen LogP contribution in [0.1, 0.15) is 67.6 Å². The lowest BCUT2D eigenvalue weighted by Gasteiger charge is -2.62. The molecule has 56 heavy (non-hydrogen) atoms. The minimum atomic E-state index is -0.901. The molecule has 3 aromatic rings. The standard InChI is InChI=1S/C45H63N5O6/c1-27-37-21-34(45(37,3)4)22-38(27)48-44(54)41-40(28(2)52)39(26-51)56-50(41)24-31-15-12-16-36(42(31)55-8)32-17-30(23-46-5)18-33(20-32)43(53)47-35(25-49(6)7)19-29-13-10-9-11-14-29/h9-18,20,27-28,34-35,37-41,46,51-52H,19,21-26H2,1-8H3,(H,47,53)(H,48,54)/t27-,28-,34+,35-,37-,38-,39-,40+,41?/m0/s1. The Bertz CT molecular complexity index is 1820. The van der Waals surface area contributed by atoms with Crippen LogP contribution < -0.4 is 20.7 Å². The molecule has 0 aromatic heterocycles. The maximum atomic E-state index is 14.3. The molecule has 3 saturated carbocycles. The molecule has 3 aliphatic carbocycles. The number of nitrogens with one attached hydrogen (secondary N) is 3. The van der Waals surface area contributed by atoms with Crippen molar-refractivity contribution in [2.45, 2.75) is 90.4 Å². The van der Waals surface area contributed by atoms with Crippen LogP contribution in [0.4, 0.5) is 0 Å². The molecule has 7 rings (SSSR count). The zero-order chi connectivity index (χ0) is 40.3. The largest absolute Gasteiger partial charge is 0.496 e. The van der Waals surface area contributed by atoms with E-state index in [2.05, 4.69) is 59.8 Å². The highest BCUT2D eigenvalue weighted by molar-refractivity contribution is 5.96. The summed E-state index contributed by atoms with van der Waals surface area (Å²) in [4.78, 5) is 36.7. The lowest BCUT2D eigenvalue weighted by Crippen LogP contribution is -2.62. The number of fused-ring (bicyclic) bond motifs is 2. The van der Waals surface area contributed by atoms with Crippen LogP contribution >= 0.6 is 0 Å². The Morgan fingerprint density at radius 2 is 1.80 bits per heavy atom. The zero-order valence-electron chi connectivity index (χ0n) is 34.4. The van der Waals surface area contributed by atoms with Gasteiger partial charge < -0.3 is 35.8 Å². The normalized spacial score (nSPS) is 26.7. The highest BCUT2D eigenvalue weighted by Gasteiger charge is 2.57. The van der Waals surface area contributed by atoms with E-state index in [1.807, 2.05) is 69.7 Å². The molecule has 11 nitrogen and oxygen atoms in total. The third-order valence-corrected chi connectivity index (χ3v) is 12.9. The van der Waals surface area contributed by atoms with Gasteiger partial charge in [0.25, 0.3) is 5.91 Å². The van der Waals surface area contributed by atoms with Crippen LogP contribution in [-0.4, -0.2) is 104 Å². The van der Waals surface area contributed by atoms with Gasteiger partial charge in [0, 0.05) is 47.8 Å². The van der Waals surface area contributed by atoms with Crippen molar-refractivity contribution >= 4 is 11.8 Å². The van der Waals surface area contributed by atoms with Crippen LogP contribution in [0.3, 0.4) is 0 Å². The minimum absolute atomic E-state index is 0.0367. The summed E-state index contributed by atoms with van der Waals surface area (Å²) in [5.74, 6) is 1.04. The fraction of sp³-hybridized carbons (Fsp3) is 0.556. The second kappa shape index (κ2) is 17.7. The first-order valence-corrected chi connectivity index (χ1v) is 20.2. The third kappa shape index (κ3) is 8.83. The van der Waals surface area contributed by atoms with Crippen molar-refractivity contribution in [2.24, 2.45) is 29.1 Å². The van der Waals surface area contributed by atoms with Crippen molar-refractivity contribution in [2.75, 3.05) is 41.4 Å². The zero-order valence-corrected chi connectivity index (χ0v) is 34.4. The van der Waals surface area contributed by atoms with Gasteiger partial charge in [0.05, 0.1) is 26.4 Å². The number of likely N-dealkylation sites (N-methyl/N-ethyl adjacent to an activating group) is 1. The molecular formula is C45H63N5O6. The molecule has 11 heteroatoms. The van der Waals surface area contributed by atoms with Crippen LogP contribution in [0.25, 0.3) is 11.1 Å². The minimum Gasteiger partial charge on any atom is -0.496 e. The predicted molar refractivity (Wildman–Crippen MR) is 219 cm³/mol. The van der Waals surface area contributed by atoms with Crippen molar-refractivity contribution < 1.29 is 29.4 Å². The van der Waals surface area contributed by atoms with E-state index in [0.29, 0.717) is 48.6 Å². The maximum Gasteiger partial charge on any atom is 0.251 e. The van der Waals surface area contributed by atoms with Gasteiger partial charge in [-0.15, -0.1) is 0 Å². The Morgan fingerprint density at radius 1 is 1.05 bits per heavy atom. The summed E-state index contributed by atoms with van der Waals surface area (Å²) in [6, 6.07) is 21.0. The lowest BCUT2D eigenvalue weighted by molar-refractivity contribution is -0.183. The number of amides is 2. The molecule has 2 amide bonds. The smallest absolute Gasteiger partial charge is 0.251 e. The summed E-state index contributed by atoms with van der Waals surface area (Å²) >= 11 is 0. The molecule has 3 aromatic carbocycles. The SMILES string of the molecule is CNCc1cc(C(=O)N[C@@H](Cc2ccccc2)CN(C)C)cc(-c2cccc(CN3O[C@@H](CO)[C@@H]([C@H](C)O)C3C(=O)N[C@H]3C[C@H]4C[C@@H]([C@@H]3C)C4(C)C)c2OC)c1. The molecule has 0 spiro atoms. The number of ether oxygens (including phenoxy) is 1. The number of aliphatic hydroxyl groups is 2. The molecule has 1 saturated heterocycles. The van der Waals surface area contributed by atoms with Gasteiger partial charge in [0.15, 0.2) is 0 Å². The van der Waals surface area contributed by atoms with Crippen LogP contribution in [0, 0.1) is 29.1 Å². The number of hydrogen-bond donors (Lipinski definition) is 5. The number of aliphatic hydroxyl groups excluding tert-OH is 2. The molecular weight excluding hydrogens is 707 g/mol. The van der Waals surface area contributed by atoms with Crippen LogP contribution in [-0.2, 0) is 29.1 Å². The molecule has 1 aliphatic heterocycles. The number of carbonyl (C=O) groups excluding carboxylic acids is 2. The van der Waals surface area contributed by atoms with Gasteiger partial charge in [-0.05, 0) is 105 Å². The van der Waals surface area contributed by atoms with Gasteiger partial charge in [-0.3, -0.25) is 14.4 Å². The predicted octanol–water partition coefficient (Wildman–Crippen LogP) is 4.64. The van der Waals surface area contributed by atoms with Gasteiger partial charge in [0.2, 0.25) is 5.91 Å². The lowest BCUT2D eigenvalue weighted by atomic mass is 9.45. The molecule has 0 radical (unpaired) electrons. The molecule has 5 N–H and O–H groups in total. The van der Waals surface area contributed by atoms with Gasteiger partial charge in [0.1, 0.15) is 17.9 Å². The highest BCUT2D eigenvalue weighted by atomic mass is 16.7. The Hall–Kier alpha value is -3.84. The maximum absolute atomic E-state index is 14.3. The van der Waals surface area contributed by atoms with Crippen molar-refractivity contribution in [3.63, 3.8) is 0 Å². The van der Waals surface area contributed by atoms with Gasteiger partial charge in [-0.25, -0.2) is 0 Å². The first-order valence-electron chi connectivity index (χ1n) is 20.2. The number of benzene rings is 3. The number of para-hydroxylation sites is 1. The van der Waals surface area contributed by atoms with E-state index in [0.717, 1.165) is 34.2 Å². The number of carbonyl (C=O) groups is 2. The van der Waals surface area contributed by atoms with Crippen LogP contribution in [0.5, 0.6) is 5.75 Å². The van der Waals surface area contributed by atoms with E-state index in [9.17, 15) is 19.8 Å². The van der Waals surface area contributed by atoms with Crippen LogP contribution in [0.2, 0.25) is 0 Å². The monoisotopic (exact) mass is 769 g/mol. The summed E-state index contributed by atoms with van der Waals surface area (Å²) in [5.41, 5.74) is 5.28. The number of methoxy groups -OCH3 is 1. The molecule has 304 valence electrons. The molecule has 2 bridgehead atoms. The molecule has 4 fully saturated rings. The van der Waals surface area contributed by atoms with Crippen molar-refractivity contribution in [1.82, 2.24) is 25.9 Å². The molecule has 4 aliphatic rings. The second-order valence-electron chi connectivity index (χ2n) is 17.3. The fourth-order valence-corrected chi connectivity index (χ4v) is 9.88. The second-order valence-corrected chi connectivity index (χ2v) is 17.3. The summed E-state index contributed by atoms with van der Waals surface area (Å²) in [7, 11) is 7.50. The van der Waals surface area contributed by atoms with E-state index in [-0.39, 0.29) is 42.5 Å². The Labute approximate surface area is 333 Å². The van der Waals surface area contributed by atoms with E-state index >= 15 is 0 Å².